The van der Waals surface area contributed by atoms with Crippen LogP contribution in [0.25, 0.3) is 0 Å². The summed E-state index contributed by atoms with van der Waals surface area (Å²) in [6, 6.07) is 11.1. The highest BCUT2D eigenvalue weighted by Gasteiger charge is 2.04. The van der Waals surface area contributed by atoms with Gasteiger partial charge in [-0.2, -0.15) is 0 Å². The second-order valence-electron chi connectivity index (χ2n) is 3.90. The number of furan rings is 1. The summed E-state index contributed by atoms with van der Waals surface area (Å²) >= 11 is 3.17. The fourth-order valence-electron chi connectivity index (χ4n) is 1.54. The van der Waals surface area contributed by atoms with Crippen molar-refractivity contribution in [3.05, 3.63) is 52.2 Å². The molecule has 0 fully saturated rings. The van der Waals surface area contributed by atoms with Crippen molar-refractivity contribution >= 4 is 27.8 Å². The molecule has 94 valence electrons. The Hall–Kier alpha value is -1.75. The Morgan fingerprint density at radius 1 is 1.33 bits per heavy atom. The van der Waals surface area contributed by atoms with E-state index in [1.54, 1.807) is 12.1 Å². The molecule has 0 bridgehead atoms. The van der Waals surface area contributed by atoms with Gasteiger partial charge in [-0.3, -0.25) is 5.32 Å². The molecule has 0 aliphatic heterocycles. The maximum absolute atomic E-state index is 11.6. The lowest BCUT2D eigenvalue weighted by molar-refractivity contribution is 0.251. The van der Waals surface area contributed by atoms with Gasteiger partial charge in [0.15, 0.2) is 4.67 Å². The molecule has 0 atom stereocenters. The number of carbonyl (C=O) groups is 1. The van der Waals surface area contributed by atoms with Gasteiger partial charge in [-0.1, -0.05) is 29.8 Å². The predicted octanol–water partition coefficient (Wildman–Crippen LogP) is 3.67. The minimum atomic E-state index is -0.293. The number of hydrogen-bond donors (Lipinski definition) is 2. The maximum Gasteiger partial charge on any atom is 0.321 e. The average molecular weight is 309 g/mol. The molecule has 1 heterocycles. The summed E-state index contributed by atoms with van der Waals surface area (Å²) in [7, 11) is 0. The van der Waals surface area contributed by atoms with E-state index in [9.17, 15) is 4.79 Å². The van der Waals surface area contributed by atoms with Crippen molar-refractivity contribution < 1.29 is 9.21 Å². The molecule has 0 radical (unpaired) electrons. The monoisotopic (exact) mass is 308 g/mol. The summed E-state index contributed by atoms with van der Waals surface area (Å²) in [6.07, 6.45) is 0. The number of carbonyl (C=O) groups excluding carboxylic acids is 1. The molecule has 2 rings (SSSR count). The quantitative estimate of drug-likeness (QED) is 0.909. The highest BCUT2D eigenvalue weighted by molar-refractivity contribution is 9.10. The van der Waals surface area contributed by atoms with Crippen LogP contribution >= 0.6 is 15.9 Å². The summed E-state index contributed by atoms with van der Waals surface area (Å²) in [5.74, 6) is 0.406. The number of nitrogens with one attached hydrogen (secondary N) is 2. The molecule has 2 N–H and O–H groups in total. The molecule has 1 aromatic carbocycles. The normalized spacial score (nSPS) is 10.1. The first-order valence-electron chi connectivity index (χ1n) is 5.49. The first-order chi connectivity index (χ1) is 8.63. The molecule has 0 saturated carbocycles. The highest BCUT2D eigenvalue weighted by Crippen LogP contribution is 2.17. The molecule has 0 aliphatic rings. The zero-order valence-electron chi connectivity index (χ0n) is 9.87. The fourth-order valence-corrected chi connectivity index (χ4v) is 1.85. The molecular weight excluding hydrogens is 296 g/mol. The molecule has 4 nitrogen and oxygen atoms in total. The zero-order chi connectivity index (χ0) is 13.0. The van der Waals surface area contributed by atoms with Gasteiger partial charge in [-0.25, -0.2) is 4.79 Å². The van der Waals surface area contributed by atoms with Gasteiger partial charge in [0.25, 0.3) is 0 Å². The maximum atomic E-state index is 11.6. The van der Waals surface area contributed by atoms with Gasteiger partial charge >= 0.3 is 6.03 Å². The Kier molecular flexibility index (Phi) is 4.04. The van der Waals surface area contributed by atoms with Crippen LogP contribution < -0.4 is 10.6 Å². The van der Waals surface area contributed by atoms with Crippen molar-refractivity contribution in [3.63, 3.8) is 0 Å². The van der Waals surface area contributed by atoms with E-state index < -0.39 is 0 Å². The lowest BCUT2D eigenvalue weighted by Crippen LogP contribution is -2.27. The van der Waals surface area contributed by atoms with Gasteiger partial charge < -0.3 is 9.73 Å². The smallest absolute Gasteiger partial charge is 0.321 e. The van der Waals surface area contributed by atoms with Gasteiger partial charge in [0, 0.05) is 12.6 Å². The summed E-state index contributed by atoms with van der Waals surface area (Å²) < 4.78 is 5.75. The second-order valence-corrected chi connectivity index (χ2v) is 4.68. The first kappa shape index (κ1) is 12.7. The number of anilines is 1. The Bertz CT molecular complexity index is 551. The number of urea groups is 1. The number of aryl methyl sites for hydroxylation is 1. The summed E-state index contributed by atoms with van der Waals surface area (Å²) in [5, 5.41) is 5.36. The van der Waals surface area contributed by atoms with Gasteiger partial charge in [0.05, 0.1) is 0 Å². The van der Waals surface area contributed by atoms with Gasteiger partial charge in [-0.15, -0.1) is 0 Å². The van der Waals surface area contributed by atoms with Crippen LogP contribution in [0.1, 0.15) is 11.1 Å². The molecule has 0 saturated heterocycles. The van der Waals surface area contributed by atoms with E-state index in [1.165, 1.54) is 5.56 Å². The molecule has 0 aliphatic carbocycles. The fraction of sp³-hybridized carbons (Fsp3) is 0.154. The number of amides is 2. The van der Waals surface area contributed by atoms with Gasteiger partial charge in [-0.05, 0) is 34.5 Å². The number of rotatable bonds is 3. The lowest BCUT2D eigenvalue weighted by atomic mass is 10.1. The molecule has 1 aromatic heterocycles. The third-order valence-electron chi connectivity index (χ3n) is 2.35. The number of halogens is 1. The Labute approximate surface area is 114 Å². The van der Waals surface area contributed by atoms with Crippen LogP contribution in [0.5, 0.6) is 0 Å². The SMILES string of the molecule is Cc1cccc(CNC(=O)Nc2ccc(Br)o2)c1. The van der Waals surface area contributed by atoms with Crippen LogP contribution in [0.2, 0.25) is 0 Å². The minimum Gasteiger partial charge on any atom is -0.434 e. The van der Waals surface area contributed by atoms with E-state index in [2.05, 4.69) is 26.6 Å². The van der Waals surface area contributed by atoms with Gasteiger partial charge in [0.2, 0.25) is 5.88 Å². The standard InChI is InChI=1S/C13H13BrN2O2/c1-9-3-2-4-10(7-9)8-15-13(17)16-12-6-5-11(14)18-12/h2-7H,8H2,1H3,(H2,15,16,17). The molecule has 2 amide bonds. The van der Waals surface area contributed by atoms with Crippen LogP contribution in [-0.4, -0.2) is 6.03 Å². The van der Waals surface area contributed by atoms with Crippen molar-refractivity contribution in [1.29, 1.82) is 0 Å². The van der Waals surface area contributed by atoms with Crippen molar-refractivity contribution in [1.82, 2.24) is 5.32 Å². The molecule has 0 unspecified atom stereocenters. The van der Waals surface area contributed by atoms with E-state index in [1.807, 2.05) is 31.2 Å². The number of hydrogen-bond acceptors (Lipinski definition) is 2. The van der Waals surface area contributed by atoms with E-state index in [0.29, 0.717) is 17.1 Å². The van der Waals surface area contributed by atoms with Crippen molar-refractivity contribution in [2.24, 2.45) is 0 Å². The van der Waals surface area contributed by atoms with Crippen molar-refractivity contribution in [2.45, 2.75) is 13.5 Å². The van der Waals surface area contributed by atoms with E-state index in [0.717, 1.165) is 5.56 Å². The molecule has 18 heavy (non-hydrogen) atoms. The van der Waals surface area contributed by atoms with Crippen molar-refractivity contribution in [3.8, 4) is 0 Å². The second kappa shape index (κ2) is 5.73. The van der Waals surface area contributed by atoms with Gasteiger partial charge in [0.1, 0.15) is 0 Å². The summed E-state index contributed by atoms with van der Waals surface area (Å²) in [5.41, 5.74) is 2.23. The van der Waals surface area contributed by atoms with Crippen LogP contribution in [0.3, 0.4) is 0 Å². The summed E-state index contributed by atoms with van der Waals surface area (Å²) in [6.45, 7) is 2.50. The zero-order valence-corrected chi connectivity index (χ0v) is 11.5. The van der Waals surface area contributed by atoms with Crippen LogP contribution in [-0.2, 0) is 6.54 Å². The molecule has 5 heteroatoms. The highest BCUT2D eigenvalue weighted by atomic mass is 79.9. The van der Waals surface area contributed by atoms with Crippen LogP contribution in [0.15, 0.2) is 45.5 Å². The lowest BCUT2D eigenvalue weighted by Gasteiger charge is -2.06. The molecule has 2 aromatic rings. The Morgan fingerprint density at radius 2 is 2.17 bits per heavy atom. The van der Waals surface area contributed by atoms with E-state index >= 15 is 0 Å². The van der Waals surface area contributed by atoms with Crippen LogP contribution in [0, 0.1) is 6.92 Å². The topological polar surface area (TPSA) is 54.3 Å². The minimum absolute atomic E-state index is 0.293. The Morgan fingerprint density at radius 3 is 2.83 bits per heavy atom. The average Bonchev–Trinajstić information content (AvgIpc) is 2.72. The van der Waals surface area contributed by atoms with E-state index in [4.69, 9.17) is 4.42 Å². The predicted molar refractivity (Wildman–Crippen MR) is 73.4 cm³/mol. The number of benzene rings is 1. The third kappa shape index (κ3) is 3.63. The third-order valence-corrected chi connectivity index (χ3v) is 2.77. The van der Waals surface area contributed by atoms with E-state index in [-0.39, 0.29) is 6.03 Å². The Balaban J connectivity index is 1.85. The van der Waals surface area contributed by atoms with Crippen LogP contribution in [0.4, 0.5) is 10.7 Å². The first-order valence-corrected chi connectivity index (χ1v) is 6.28. The molecular formula is C13H13BrN2O2. The largest absolute Gasteiger partial charge is 0.434 e. The molecule has 0 spiro atoms. The van der Waals surface area contributed by atoms with Crippen molar-refractivity contribution in [2.75, 3.05) is 5.32 Å². The summed E-state index contributed by atoms with van der Waals surface area (Å²) in [4.78, 5) is 11.6.